The monoisotopic (exact) mass is 542 g/mol. The van der Waals surface area contributed by atoms with Gasteiger partial charge in [-0.05, 0) is 62.5 Å². The molecule has 0 aromatic rings. The fraction of sp³-hybridized carbons (Fsp3) is 0.719. The molecule has 2 bridgehead atoms. The van der Waals surface area contributed by atoms with Crippen molar-refractivity contribution in [3.05, 3.63) is 47.1 Å². The Kier molecular flexibility index (Phi) is 8.29. The third-order valence-electron chi connectivity index (χ3n) is 9.50. The number of aliphatic hydroxyl groups excluding tert-OH is 1. The van der Waals surface area contributed by atoms with Crippen molar-refractivity contribution >= 4 is 5.97 Å². The molecule has 4 heterocycles. The molecule has 0 aromatic carbocycles. The van der Waals surface area contributed by atoms with Crippen LogP contribution in [0.3, 0.4) is 0 Å². The van der Waals surface area contributed by atoms with E-state index in [4.69, 9.17) is 18.9 Å². The van der Waals surface area contributed by atoms with E-state index in [0.717, 1.165) is 32.1 Å². The van der Waals surface area contributed by atoms with E-state index >= 15 is 0 Å². The summed E-state index contributed by atoms with van der Waals surface area (Å²) in [7, 11) is 0. The number of esters is 1. The van der Waals surface area contributed by atoms with Crippen LogP contribution in [0.2, 0.25) is 0 Å². The average molecular weight is 543 g/mol. The highest BCUT2D eigenvalue weighted by Gasteiger charge is 2.60. The molecule has 4 aliphatic heterocycles. The maximum atomic E-state index is 13.9. The van der Waals surface area contributed by atoms with Crippen molar-refractivity contribution in [1.29, 1.82) is 0 Å². The van der Waals surface area contributed by atoms with Gasteiger partial charge in [-0.1, -0.05) is 56.7 Å². The zero-order valence-electron chi connectivity index (χ0n) is 24.1. The summed E-state index contributed by atoms with van der Waals surface area (Å²) in [4.78, 5) is 13.9. The average Bonchev–Trinajstić information content (AvgIpc) is 3.23. The molecule has 0 saturated carbocycles. The largest absolute Gasteiger partial charge is 0.462 e. The number of hydrogen-bond donors (Lipinski definition) is 2. The normalized spacial score (nSPS) is 48.7. The van der Waals surface area contributed by atoms with Gasteiger partial charge in [0, 0.05) is 19.3 Å². The first-order valence-corrected chi connectivity index (χ1v) is 14.8. The summed E-state index contributed by atoms with van der Waals surface area (Å²) < 4.78 is 25.4. The molecule has 0 radical (unpaired) electrons. The van der Waals surface area contributed by atoms with Gasteiger partial charge in [-0.15, -0.1) is 0 Å². The van der Waals surface area contributed by atoms with E-state index in [1.807, 2.05) is 12.2 Å². The fourth-order valence-electron chi connectivity index (χ4n) is 7.23. The van der Waals surface area contributed by atoms with Crippen LogP contribution in [-0.2, 0) is 23.7 Å². The van der Waals surface area contributed by atoms with Crippen LogP contribution in [0.5, 0.6) is 0 Å². The first-order chi connectivity index (χ1) is 18.5. The lowest BCUT2D eigenvalue weighted by atomic mass is 9.71. The van der Waals surface area contributed by atoms with Crippen LogP contribution in [0.1, 0.15) is 79.6 Å². The van der Waals surface area contributed by atoms with Crippen LogP contribution in [0.25, 0.3) is 0 Å². The number of hydrogen-bond acceptors (Lipinski definition) is 7. The molecular formula is C32H46O7. The Labute approximate surface area is 232 Å². The van der Waals surface area contributed by atoms with Gasteiger partial charge in [0.1, 0.15) is 29.8 Å². The van der Waals surface area contributed by atoms with Crippen molar-refractivity contribution in [3.8, 4) is 0 Å². The van der Waals surface area contributed by atoms with Gasteiger partial charge < -0.3 is 29.2 Å². The summed E-state index contributed by atoms with van der Waals surface area (Å²) in [5.41, 5.74) is 0.788. The topological polar surface area (TPSA) is 94.5 Å². The van der Waals surface area contributed by atoms with Gasteiger partial charge in [0.25, 0.3) is 0 Å². The van der Waals surface area contributed by atoms with Crippen molar-refractivity contribution in [2.75, 3.05) is 6.61 Å². The first kappa shape index (κ1) is 28.7. The van der Waals surface area contributed by atoms with Crippen LogP contribution in [-0.4, -0.2) is 64.7 Å². The summed E-state index contributed by atoms with van der Waals surface area (Å²) in [6.07, 6.45) is 12.8. The van der Waals surface area contributed by atoms with Crippen LogP contribution in [0.4, 0.5) is 0 Å². The number of aliphatic hydroxyl groups is 2. The third kappa shape index (κ3) is 5.58. The summed E-state index contributed by atoms with van der Waals surface area (Å²) in [6, 6.07) is 0. The number of rotatable bonds is 1. The van der Waals surface area contributed by atoms with Crippen molar-refractivity contribution in [2.45, 2.75) is 121 Å². The Morgan fingerprint density at radius 1 is 1.15 bits per heavy atom. The quantitative estimate of drug-likeness (QED) is 0.359. The highest BCUT2D eigenvalue weighted by molar-refractivity contribution is 5.78. The fourth-order valence-corrected chi connectivity index (χ4v) is 7.23. The molecule has 0 aromatic heterocycles. The highest BCUT2D eigenvalue weighted by atomic mass is 16.7. The molecule has 3 fully saturated rings. The van der Waals surface area contributed by atoms with E-state index in [-0.39, 0.29) is 18.8 Å². The standard InChI is InChI=1S/C32H46O7/c1-6-27-21(4)12-13-31(39-27)17-25-16-24(38-31)11-10-20(3)14-19(2)8-7-9-23-18-36-29-28(33)22(5)15-26(30(34)37-25)32(23,29)35/h7-10,15,19,21,24-29,33,35H,6,11-14,16-18H2,1-5H3/b8-7+,20-10+,23-9+/t19-,21-,24+,25-,26-,27+,28+,29+,31+,32+/m0/s1. The zero-order chi connectivity index (χ0) is 27.9. The molecule has 7 nitrogen and oxygen atoms in total. The van der Waals surface area contributed by atoms with Crippen LogP contribution in [0, 0.1) is 17.8 Å². The molecule has 3 saturated heterocycles. The minimum atomic E-state index is -1.68. The number of carbonyl (C=O) groups excluding carboxylic acids is 1. The van der Waals surface area contributed by atoms with Gasteiger partial charge in [-0.2, -0.15) is 0 Å². The van der Waals surface area contributed by atoms with Gasteiger partial charge in [-0.3, -0.25) is 4.79 Å². The van der Waals surface area contributed by atoms with Gasteiger partial charge in [0.05, 0.1) is 18.8 Å². The van der Waals surface area contributed by atoms with Gasteiger partial charge in [0.2, 0.25) is 0 Å². The Bertz CT molecular complexity index is 1060. The lowest BCUT2D eigenvalue weighted by Crippen LogP contribution is -2.58. The maximum absolute atomic E-state index is 13.9. The summed E-state index contributed by atoms with van der Waals surface area (Å²) in [5.74, 6) is -1.52. The van der Waals surface area contributed by atoms with Crippen molar-refractivity contribution in [1.82, 2.24) is 0 Å². The van der Waals surface area contributed by atoms with Gasteiger partial charge >= 0.3 is 5.97 Å². The van der Waals surface area contributed by atoms with E-state index in [1.54, 1.807) is 13.0 Å². The van der Waals surface area contributed by atoms with E-state index < -0.39 is 41.6 Å². The zero-order valence-corrected chi connectivity index (χ0v) is 24.1. The minimum Gasteiger partial charge on any atom is -0.462 e. The van der Waals surface area contributed by atoms with Crippen LogP contribution in [0.15, 0.2) is 47.1 Å². The molecule has 1 aliphatic carbocycles. The molecule has 39 heavy (non-hydrogen) atoms. The molecule has 216 valence electrons. The highest BCUT2D eigenvalue weighted by Crippen LogP contribution is 2.47. The molecule has 7 heteroatoms. The molecule has 0 amide bonds. The second-order valence-corrected chi connectivity index (χ2v) is 12.7. The maximum Gasteiger partial charge on any atom is 0.316 e. The number of carbonyl (C=O) groups is 1. The molecule has 0 unspecified atom stereocenters. The SMILES string of the molecule is CC[C@H]1O[C@]2(CC[C@@H]1C)C[C@@H]1C[C@@H](C/C=C(\C)C[C@@H](C)/C=C/C=C3\CO[C@@H]4[C@H](O)C(C)=C[C@@H](C(=O)O1)[C@]34O)O2. The predicted octanol–water partition coefficient (Wildman–Crippen LogP) is 4.92. The Hall–Kier alpha value is -1.77. The Morgan fingerprint density at radius 3 is 2.72 bits per heavy atom. The summed E-state index contributed by atoms with van der Waals surface area (Å²) in [5, 5.41) is 22.9. The van der Waals surface area contributed by atoms with Crippen molar-refractivity contribution < 1.29 is 34.0 Å². The minimum absolute atomic E-state index is 0.104. The van der Waals surface area contributed by atoms with E-state index in [2.05, 4.69) is 39.8 Å². The van der Waals surface area contributed by atoms with Gasteiger partial charge in [-0.25, -0.2) is 0 Å². The Balaban J connectivity index is 1.51. The van der Waals surface area contributed by atoms with Crippen molar-refractivity contribution in [3.63, 3.8) is 0 Å². The van der Waals surface area contributed by atoms with E-state index in [1.165, 1.54) is 5.57 Å². The second-order valence-electron chi connectivity index (χ2n) is 12.7. The molecule has 1 spiro atoms. The predicted molar refractivity (Wildman–Crippen MR) is 148 cm³/mol. The molecule has 5 aliphatic rings. The summed E-state index contributed by atoms with van der Waals surface area (Å²) >= 11 is 0. The molecule has 10 atom stereocenters. The summed E-state index contributed by atoms with van der Waals surface area (Å²) in [6.45, 7) is 10.6. The van der Waals surface area contributed by atoms with Crippen LogP contribution >= 0.6 is 0 Å². The first-order valence-electron chi connectivity index (χ1n) is 14.8. The second kappa shape index (κ2) is 11.2. The lowest BCUT2D eigenvalue weighted by molar-refractivity contribution is -0.335. The Morgan fingerprint density at radius 2 is 1.95 bits per heavy atom. The van der Waals surface area contributed by atoms with E-state index in [9.17, 15) is 15.0 Å². The van der Waals surface area contributed by atoms with Gasteiger partial charge in [0.15, 0.2) is 5.79 Å². The van der Waals surface area contributed by atoms with Crippen molar-refractivity contribution in [2.24, 2.45) is 17.8 Å². The van der Waals surface area contributed by atoms with E-state index in [0.29, 0.717) is 35.8 Å². The smallest absolute Gasteiger partial charge is 0.316 e. The number of allylic oxidation sites excluding steroid dienone is 4. The van der Waals surface area contributed by atoms with Crippen LogP contribution < -0.4 is 0 Å². The number of fused-ring (bicyclic) bond motifs is 2. The molecular weight excluding hydrogens is 496 g/mol. The molecule has 5 rings (SSSR count). The number of ether oxygens (including phenoxy) is 4. The third-order valence-corrected chi connectivity index (χ3v) is 9.50. The lowest BCUT2D eigenvalue weighted by Gasteiger charge is -2.50. The molecule has 2 N–H and O–H groups in total.